The lowest BCUT2D eigenvalue weighted by molar-refractivity contribution is -0.124. The minimum absolute atomic E-state index is 0.139. The van der Waals surface area contributed by atoms with Crippen molar-refractivity contribution in [3.8, 4) is 5.75 Å². The van der Waals surface area contributed by atoms with E-state index in [-0.39, 0.29) is 23.9 Å². The molecule has 2 aromatic carbocycles. The summed E-state index contributed by atoms with van der Waals surface area (Å²) in [7, 11) is 0. The number of rotatable bonds is 6. The highest BCUT2D eigenvalue weighted by Gasteiger charge is 2.31. The fraction of sp³-hybridized carbons (Fsp3) is 0.167. The Hall–Kier alpha value is -3.13. The SMILES string of the molecule is O=C(CC1NC(=O)NC1=O)Nc1ccc(OCc2cccc(F)c2)c(Cl)c1. The Bertz CT molecular complexity index is 906. The maximum absolute atomic E-state index is 13.2. The van der Waals surface area contributed by atoms with Crippen molar-refractivity contribution in [2.24, 2.45) is 0 Å². The summed E-state index contributed by atoms with van der Waals surface area (Å²) in [6.07, 6.45) is -0.201. The average molecular weight is 392 g/mol. The number of nitrogens with one attached hydrogen (secondary N) is 3. The van der Waals surface area contributed by atoms with E-state index < -0.39 is 23.9 Å². The molecule has 1 aliphatic rings. The molecule has 1 unspecified atom stereocenters. The lowest BCUT2D eigenvalue weighted by atomic mass is 10.2. The van der Waals surface area contributed by atoms with Gasteiger partial charge >= 0.3 is 6.03 Å². The van der Waals surface area contributed by atoms with Gasteiger partial charge in [-0.05, 0) is 35.9 Å². The lowest BCUT2D eigenvalue weighted by Gasteiger charge is -2.11. The van der Waals surface area contributed by atoms with Gasteiger partial charge in [0.25, 0.3) is 5.91 Å². The second-order valence-corrected chi connectivity index (χ2v) is 6.24. The van der Waals surface area contributed by atoms with Crippen molar-refractivity contribution >= 4 is 35.1 Å². The summed E-state index contributed by atoms with van der Waals surface area (Å²) in [4.78, 5) is 34.5. The molecule has 0 saturated carbocycles. The molecule has 0 aromatic heterocycles. The average Bonchev–Trinajstić information content (AvgIpc) is 2.91. The molecule has 3 rings (SSSR count). The highest BCUT2D eigenvalue weighted by molar-refractivity contribution is 6.32. The normalized spacial score (nSPS) is 15.9. The fourth-order valence-electron chi connectivity index (χ4n) is 2.48. The van der Waals surface area contributed by atoms with E-state index in [9.17, 15) is 18.8 Å². The number of halogens is 2. The van der Waals surface area contributed by atoms with Gasteiger partial charge in [0.2, 0.25) is 5.91 Å². The fourth-order valence-corrected chi connectivity index (χ4v) is 2.72. The van der Waals surface area contributed by atoms with E-state index in [0.717, 1.165) is 0 Å². The summed E-state index contributed by atoms with van der Waals surface area (Å²) in [6, 6.07) is 9.13. The molecular weight excluding hydrogens is 377 g/mol. The van der Waals surface area contributed by atoms with E-state index in [0.29, 0.717) is 17.0 Å². The minimum Gasteiger partial charge on any atom is -0.487 e. The van der Waals surface area contributed by atoms with Gasteiger partial charge in [-0.1, -0.05) is 23.7 Å². The Labute approximate surface area is 158 Å². The van der Waals surface area contributed by atoms with Gasteiger partial charge in [-0.2, -0.15) is 0 Å². The Balaban J connectivity index is 1.56. The molecule has 9 heteroatoms. The molecule has 140 valence electrons. The van der Waals surface area contributed by atoms with Crippen LogP contribution >= 0.6 is 11.6 Å². The third-order valence-electron chi connectivity index (χ3n) is 3.75. The molecule has 0 aliphatic carbocycles. The zero-order chi connectivity index (χ0) is 19.4. The van der Waals surface area contributed by atoms with Gasteiger partial charge < -0.3 is 15.4 Å². The predicted molar refractivity (Wildman–Crippen MR) is 95.9 cm³/mol. The summed E-state index contributed by atoms with van der Waals surface area (Å²) in [6.45, 7) is 0.139. The molecule has 1 saturated heterocycles. The summed E-state index contributed by atoms with van der Waals surface area (Å²) in [5, 5.41) is 7.25. The van der Waals surface area contributed by atoms with E-state index in [1.54, 1.807) is 24.3 Å². The molecule has 27 heavy (non-hydrogen) atoms. The first-order valence-electron chi connectivity index (χ1n) is 7.99. The number of carbonyl (C=O) groups excluding carboxylic acids is 3. The van der Waals surface area contributed by atoms with Crippen LogP contribution in [0.1, 0.15) is 12.0 Å². The van der Waals surface area contributed by atoms with Crippen molar-refractivity contribution < 1.29 is 23.5 Å². The monoisotopic (exact) mass is 391 g/mol. The van der Waals surface area contributed by atoms with Gasteiger partial charge in [0.1, 0.15) is 24.2 Å². The number of imide groups is 1. The largest absolute Gasteiger partial charge is 0.487 e. The highest BCUT2D eigenvalue weighted by atomic mass is 35.5. The molecule has 1 fully saturated rings. The van der Waals surface area contributed by atoms with Crippen LogP contribution in [-0.2, 0) is 16.2 Å². The van der Waals surface area contributed by atoms with Gasteiger partial charge in [-0.25, -0.2) is 9.18 Å². The number of carbonyl (C=O) groups is 3. The van der Waals surface area contributed by atoms with Crippen LogP contribution in [0.25, 0.3) is 0 Å². The molecule has 3 N–H and O–H groups in total. The second-order valence-electron chi connectivity index (χ2n) is 5.83. The minimum atomic E-state index is -0.901. The van der Waals surface area contributed by atoms with Crippen LogP contribution in [0, 0.1) is 5.82 Å². The molecule has 1 heterocycles. The summed E-state index contributed by atoms with van der Waals surface area (Å²) in [5.74, 6) is -0.982. The van der Waals surface area contributed by atoms with Gasteiger partial charge in [0.05, 0.1) is 11.4 Å². The van der Waals surface area contributed by atoms with Crippen molar-refractivity contribution in [2.45, 2.75) is 19.1 Å². The highest BCUT2D eigenvalue weighted by Crippen LogP contribution is 2.28. The van der Waals surface area contributed by atoms with E-state index in [1.807, 2.05) is 0 Å². The van der Waals surface area contributed by atoms with E-state index in [1.165, 1.54) is 18.2 Å². The first kappa shape index (κ1) is 18.7. The van der Waals surface area contributed by atoms with Crippen molar-refractivity contribution in [1.82, 2.24) is 10.6 Å². The summed E-state index contributed by atoms with van der Waals surface area (Å²) < 4.78 is 18.7. The third kappa shape index (κ3) is 4.95. The van der Waals surface area contributed by atoms with Gasteiger partial charge in [0, 0.05) is 5.69 Å². The first-order valence-corrected chi connectivity index (χ1v) is 8.36. The Morgan fingerprint density at radius 3 is 2.70 bits per heavy atom. The number of hydrogen-bond donors (Lipinski definition) is 3. The zero-order valence-electron chi connectivity index (χ0n) is 13.9. The second kappa shape index (κ2) is 8.05. The van der Waals surface area contributed by atoms with Crippen LogP contribution in [0.4, 0.5) is 14.9 Å². The standard InChI is InChI=1S/C18H15ClFN3O4/c19-13-7-12(21-16(24)8-14-17(25)23-18(26)22-14)4-5-15(13)27-9-10-2-1-3-11(20)6-10/h1-7,14H,8-9H2,(H,21,24)(H2,22,23,25,26). The zero-order valence-corrected chi connectivity index (χ0v) is 14.7. The third-order valence-corrected chi connectivity index (χ3v) is 4.04. The van der Waals surface area contributed by atoms with Gasteiger partial charge in [0.15, 0.2) is 0 Å². The summed E-state index contributed by atoms with van der Waals surface area (Å²) in [5.41, 5.74) is 1.06. The van der Waals surface area contributed by atoms with Crippen molar-refractivity contribution in [3.63, 3.8) is 0 Å². The molecule has 1 atom stereocenters. The number of urea groups is 1. The number of ether oxygens (including phenoxy) is 1. The van der Waals surface area contributed by atoms with Crippen LogP contribution < -0.4 is 20.7 Å². The molecule has 7 nitrogen and oxygen atoms in total. The smallest absolute Gasteiger partial charge is 0.322 e. The Kier molecular flexibility index (Phi) is 5.56. The molecular formula is C18H15ClFN3O4. The quantitative estimate of drug-likeness (QED) is 0.659. The Morgan fingerprint density at radius 1 is 1.22 bits per heavy atom. The number of anilines is 1. The number of benzene rings is 2. The predicted octanol–water partition coefficient (Wildman–Crippen LogP) is 2.59. The van der Waals surface area contributed by atoms with E-state index >= 15 is 0 Å². The van der Waals surface area contributed by atoms with Crippen LogP contribution in [0.5, 0.6) is 5.75 Å². The molecule has 0 spiro atoms. The van der Waals surface area contributed by atoms with Crippen LogP contribution in [0.3, 0.4) is 0 Å². The topological polar surface area (TPSA) is 96.5 Å². The maximum Gasteiger partial charge on any atom is 0.322 e. The van der Waals surface area contributed by atoms with Crippen molar-refractivity contribution in [3.05, 3.63) is 58.9 Å². The van der Waals surface area contributed by atoms with Crippen molar-refractivity contribution in [2.75, 3.05) is 5.32 Å². The summed E-state index contributed by atoms with van der Waals surface area (Å²) >= 11 is 6.15. The van der Waals surface area contributed by atoms with Crippen LogP contribution in [0.2, 0.25) is 5.02 Å². The van der Waals surface area contributed by atoms with Gasteiger partial charge in [-0.15, -0.1) is 0 Å². The molecule has 0 radical (unpaired) electrons. The molecule has 2 aromatic rings. The Morgan fingerprint density at radius 2 is 2.04 bits per heavy atom. The maximum atomic E-state index is 13.2. The van der Waals surface area contributed by atoms with E-state index in [4.69, 9.17) is 16.3 Å². The van der Waals surface area contributed by atoms with Crippen LogP contribution in [0.15, 0.2) is 42.5 Å². The molecule has 4 amide bonds. The first-order chi connectivity index (χ1) is 12.9. The van der Waals surface area contributed by atoms with E-state index in [2.05, 4.69) is 16.0 Å². The molecule has 0 bridgehead atoms. The molecule has 1 aliphatic heterocycles. The van der Waals surface area contributed by atoms with Crippen LogP contribution in [-0.4, -0.2) is 23.9 Å². The van der Waals surface area contributed by atoms with Gasteiger partial charge in [-0.3, -0.25) is 14.9 Å². The number of hydrogen-bond acceptors (Lipinski definition) is 4. The number of amides is 4. The van der Waals surface area contributed by atoms with Crippen molar-refractivity contribution in [1.29, 1.82) is 0 Å². The lowest BCUT2D eigenvalue weighted by Crippen LogP contribution is -2.33.